The number of alkyl halides is 1. The van der Waals surface area contributed by atoms with Gasteiger partial charge in [0.15, 0.2) is 0 Å². The lowest BCUT2D eigenvalue weighted by Gasteiger charge is -2.29. The number of benzene rings is 1. The Morgan fingerprint density at radius 2 is 2.00 bits per heavy atom. The van der Waals surface area contributed by atoms with Crippen LogP contribution in [0.2, 0.25) is 0 Å². The number of hydrogen-bond donors (Lipinski definition) is 1. The zero-order chi connectivity index (χ0) is 19.8. The van der Waals surface area contributed by atoms with Gasteiger partial charge in [-0.05, 0) is 45.0 Å². The Hall–Kier alpha value is -2.45. The van der Waals surface area contributed by atoms with E-state index >= 15 is 0 Å². The third kappa shape index (κ3) is 3.42. The largest absolute Gasteiger partial charge is 0.448 e. The first-order valence-electron chi connectivity index (χ1n) is 8.47. The molecule has 0 bridgehead atoms. The van der Waals surface area contributed by atoms with Crippen LogP contribution in [0.4, 0.5) is 15.0 Å². The van der Waals surface area contributed by atoms with Crippen LogP contribution in [0.15, 0.2) is 24.3 Å². The average molecular weight is 395 g/mol. The summed E-state index contributed by atoms with van der Waals surface area (Å²) in [6.07, 6.45) is -0.686. The number of anilines is 1. The van der Waals surface area contributed by atoms with Crippen LogP contribution in [0.1, 0.15) is 42.4 Å². The molecule has 1 aliphatic heterocycles. The van der Waals surface area contributed by atoms with Crippen LogP contribution in [0.5, 0.6) is 0 Å². The lowest BCUT2D eigenvalue weighted by Crippen LogP contribution is -2.35. The van der Waals surface area contributed by atoms with E-state index in [1.165, 1.54) is 24.3 Å². The number of fused-ring (bicyclic) bond motifs is 1. The van der Waals surface area contributed by atoms with Crippen molar-refractivity contribution in [1.29, 1.82) is 0 Å². The highest BCUT2D eigenvalue weighted by atomic mass is 35.5. The van der Waals surface area contributed by atoms with Gasteiger partial charge < -0.3 is 10.1 Å². The fourth-order valence-corrected chi connectivity index (χ4v) is 3.43. The van der Waals surface area contributed by atoms with Gasteiger partial charge in [-0.1, -0.05) is 0 Å². The van der Waals surface area contributed by atoms with Crippen molar-refractivity contribution in [1.82, 2.24) is 14.7 Å². The van der Waals surface area contributed by atoms with Crippen molar-refractivity contribution in [2.45, 2.75) is 32.9 Å². The van der Waals surface area contributed by atoms with E-state index in [-0.39, 0.29) is 24.0 Å². The van der Waals surface area contributed by atoms with Gasteiger partial charge in [0.1, 0.15) is 11.6 Å². The number of carbonyl (C=O) groups is 2. The summed E-state index contributed by atoms with van der Waals surface area (Å²) >= 11 is 6.04. The molecule has 1 aliphatic rings. The van der Waals surface area contributed by atoms with E-state index in [1.807, 2.05) is 18.7 Å². The second-order valence-corrected chi connectivity index (χ2v) is 6.86. The van der Waals surface area contributed by atoms with Crippen molar-refractivity contribution >= 4 is 29.4 Å². The molecule has 0 radical (unpaired) electrons. The van der Waals surface area contributed by atoms with Crippen LogP contribution in [0, 0.1) is 5.82 Å². The third-order valence-electron chi connectivity index (χ3n) is 4.63. The zero-order valence-electron chi connectivity index (χ0n) is 15.3. The number of ether oxygens (including phenoxy) is 1. The summed E-state index contributed by atoms with van der Waals surface area (Å²) in [4.78, 5) is 26.9. The van der Waals surface area contributed by atoms with E-state index < -0.39 is 23.4 Å². The van der Waals surface area contributed by atoms with Gasteiger partial charge in [0, 0.05) is 17.7 Å². The molecule has 7 nitrogen and oxygen atoms in total. The number of rotatable bonds is 4. The lowest BCUT2D eigenvalue weighted by molar-refractivity contribution is 0.102. The van der Waals surface area contributed by atoms with Crippen molar-refractivity contribution in [3.05, 3.63) is 46.9 Å². The molecule has 0 spiro atoms. The van der Waals surface area contributed by atoms with Gasteiger partial charge in [-0.25, -0.2) is 9.18 Å². The summed E-state index contributed by atoms with van der Waals surface area (Å²) in [6.45, 7) is 6.16. The van der Waals surface area contributed by atoms with Gasteiger partial charge in [0.2, 0.25) is 0 Å². The van der Waals surface area contributed by atoms with Gasteiger partial charge in [-0.2, -0.15) is 5.10 Å². The number of nitrogens with one attached hydrogen (secondary N) is 1. The van der Waals surface area contributed by atoms with Crippen molar-refractivity contribution in [2.75, 3.05) is 17.9 Å². The average Bonchev–Trinajstić information content (AvgIpc) is 3.10. The first-order valence-corrected chi connectivity index (χ1v) is 9.00. The molecule has 1 amide bonds. The Balaban J connectivity index is 2.01. The van der Waals surface area contributed by atoms with Crippen LogP contribution in [0.25, 0.3) is 0 Å². The predicted molar refractivity (Wildman–Crippen MR) is 98.3 cm³/mol. The molecular weight excluding hydrogens is 375 g/mol. The van der Waals surface area contributed by atoms with Crippen LogP contribution >= 0.6 is 11.6 Å². The maximum atomic E-state index is 13.1. The van der Waals surface area contributed by atoms with Crippen LogP contribution in [-0.4, -0.2) is 39.3 Å². The highest BCUT2D eigenvalue weighted by Gasteiger charge is 2.43. The topological polar surface area (TPSA) is 76.5 Å². The summed E-state index contributed by atoms with van der Waals surface area (Å²) in [6, 6.07) is 5.39. The molecule has 0 saturated carbocycles. The summed E-state index contributed by atoms with van der Waals surface area (Å²) in [5.74, 6) is -0.688. The smallest absolute Gasteiger partial charge is 0.436 e. The Bertz CT molecular complexity index is 879. The number of aromatic nitrogens is 2. The Labute approximate surface area is 161 Å². The van der Waals surface area contributed by atoms with E-state index in [9.17, 15) is 14.0 Å². The highest BCUT2D eigenvalue weighted by Crippen LogP contribution is 2.41. The first-order chi connectivity index (χ1) is 12.8. The lowest BCUT2D eigenvalue weighted by atomic mass is 10.0. The molecule has 0 unspecified atom stereocenters. The predicted octanol–water partition coefficient (Wildman–Crippen LogP) is 3.53. The van der Waals surface area contributed by atoms with Gasteiger partial charge in [-0.15, -0.1) is 16.3 Å². The molecule has 9 heteroatoms. The summed E-state index contributed by atoms with van der Waals surface area (Å²) in [5, 5.41) is 7.11. The van der Waals surface area contributed by atoms with Crippen molar-refractivity contribution in [3.8, 4) is 0 Å². The molecule has 0 aliphatic carbocycles. The number of nitrogens with zero attached hydrogens (tertiary/aromatic N) is 3. The minimum atomic E-state index is -0.686. The summed E-state index contributed by atoms with van der Waals surface area (Å²) < 4.78 is 19.2. The van der Waals surface area contributed by atoms with Crippen molar-refractivity contribution in [2.24, 2.45) is 0 Å². The summed E-state index contributed by atoms with van der Waals surface area (Å²) in [7, 11) is 0. The third-order valence-corrected chi connectivity index (χ3v) is 4.91. The molecule has 0 fully saturated rings. The SMILES string of the molecule is CCOC(=O)n1nc2c(c1NC(=O)c1ccc(F)cc1)CN(CCl)C2(C)C. The Morgan fingerprint density at radius 3 is 2.59 bits per heavy atom. The fraction of sp³-hybridized carbons (Fsp3) is 0.389. The van der Waals surface area contributed by atoms with E-state index in [2.05, 4.69) is 10.4 Å². The molecule has 1 aromatic heterocycles. The molecule has 0 atom stereocenters. The molecule has 2 aromatic rings. The number of hydrogen-bond acceptors (Lipinski definition) is 5. The van der Waals surface area contributed by atoms with E-state index in [0.29, 0.717) is 17.8 Å². The van der Waals surface area contributed by atoms with E-state index in [0.717, 1.165) is 4.68 Å². The second kappa shape index (κ2) is 7.28. The Kier molecular flexibility index (Phi) is 5.21. The van der Waals surface area contributed by atoms with E-state index in [4.69, 9.17) is 16.3 Å². The normalized spacial score (nSPS) is 15.4. The molecular formula is C18H20ClFN4O3. The van der Waals surface area contributed by atoms with Crippen LogP contribution in [-0.2, 0) is 16.8 Å². The van der Waals surface area contributed by atoms with Crippen LogP contribution < -0.4 is 5.32 Å². The molecule has 3 rings (SSSR count). The maximum absolute atomic E-state index is 13.1. The molecule has 144 valence electrons. The number of amides is 1. The standard InChI is InChI=1S/C18H20ClFN4O3/c1-4-27-17(26)24-15(21-16(25)11-5-7-12(20)8-6-11)13-9-23(10-19)18(2,3)14(13)22-24/h5-8H,4,9-10H2,1-3H3,(H,21,25). The van der Waals surface area contributed by atoms with Gasteiger partial charge >= 0.3 is 6.09 Å². The van der Waals surface area contributed by atoms with Crippen molar-refractivity contribution in [3.63, 3.8) is 0 Å². The van der Waals surface area contributed by atoms with Gasteiger partial charge in [0.05, 0.1) is 23.8 Å². The number of halogens is 2. The highest BCUT2D eigenvalue weighted by molar-refractivity contribution is 6.17. The minimum absolute atomic E-state index is 0.173. The summed E-state index contributed by atoms with van der Waals surface area (Å²) in [5.41, 5.74) is 1.09. The molecule has 0 saturated heterocycles. The number of carbonyl (C=O) groups excluding carboxylic acids is 2. The minimum Gasteiger partial charge on any atom is -0.448 e. The fourth-order valence-electron chi connectivity index (χ4n) is 3.05. The molecule has 1 aromatic carbocycles. The molecule has 2 heterocycles. The molecule has 27 heavy (non-hydrogen) atoms. The maximum Gasteiger partial charge on any atom is 0.436 e. The van der Waals surface area contributed by atoms with Gasteiger partial charge in [-0.3, -0.25) is 9.69 Å². The Morgan fingerprint density at radius 1 is 1.33 bits per heavy atom. The zero-order valence-corrected chi connectivity index (χ0v) is 16.0. The molecule has 1 N–H and O–H groups in total. The van der Waals surface area contributed by atoms with Crippen LogP contribution in [0.3, 0.4) is 0 Å². The van der Waals surface area contributed by atoms with Gasteiger partial charge in [0.25, 0.3) is 5.91 Å². The quantitative estimate of drug-likeness (QED) is 0.634. The van der Waals surface area contributed by atoms with E-state index in [1.54, 1.807) is 6.92 Å². The first kappa shape index (κ1) is 19.3. The second-order valence-electron chi connectivity index (χ2n) is 6.62. The monoisotopic (exact) mass is 394 g/mol. The van der Waals surface area contributed by atoms with Crippen molar-refractivity contribution < 1.29 is 18.7 Å².